The van der Waals surface area contributed by atoms with Crippen molar-refractivity contribution in [2.75, 3.05) is 17.7 Å². The van der Waals surface area contributed by atoms with E-state index >= 15 is 0 Å². The predicted molar refractivity (Wildman–Crippen MR) is 147 cm³/mol. The topological polar surface area (TPSA) is 114 Å². The quantitative estimate of drug-likeness (QED) is 0.299. The van der Waals surface area contributed by atoms with E-state index in [4.69, 9.17) is 20.5 Å². The molecule has 0 unspecified atom stereocenters. The summed E-state index contributed by atoms with van der Waals surface area (Å²) in [5.74, 6) is 0.273. The van der Waals surface area contributed by atoms with Gasteiger partial charge in [-0.1, -0.05) is 30.7 Å². The third kappa shape index (κ3) is 7.39. The number of ether oxygens (including phenoxy) is 1. The second-order valence-corrected chi connectivity index (χ2v) is 10.5. The van der Waals surface area contributed by atoms with E-state index in [9.17, 15) is 18.0 Å². The van der Waals surface area contributed by atoms with Gasteiger partial charge < -0.3 is 24.5 Å². The van der Waals surface area contributed by atoms with E-state index in [1.54, 1.807) is 35.2 Å². The maximum absolute atomic E-state index is 13.3. The first-order valence-corrected chi connectivity index (χ1v) is 13.6. The second-order valence-electron chi connectivity index (χ2n) is 8.51. The molecule has 3 rings (SSSR count). The Morgan fingerprint density at radius 2 is 1.68 bits per heavy atom. The molecule has 202 valence electrons. The molecule has 1 atom stereocenters. The van der Waals surface area contributed by atoms with Crippen molar-refractivity contribution in [3.05, 3.63) is 77.3 Å². The van der Waals surface area contributed by atoms with Gasteiger partial charge in [-0.3, -0.25) is 4.79 Å². The summed E-state index contributed by atoms with van der Waals surface area (Å²) in [6.07, 6.45) is 0.648. The van der Waals surface area contributed by atoms with Gasteiger partial charge >= 0.3 is 16.1 Å². The van der Waals surface area contributed by atoms with Crippen molar-refractivity contribution in [3.8, 4) is 11.5 Å². The minimum absolute atomic E-state index is 0.0306. The van der Waals surface area contributed by atoms with Gasteiger partial charge in [0.25, 0.3) is 0 Å². The van der Waals surface area contributed by atoms with Gasteiger partial charge in [-0.25, -0.2) is 4.79 Å². The predicted octanol–water partition coefficient (Wildman–Crippen LogP) is 5.91. The minimum Gasteiger partial charge on any atom is -0.495 e. The van der Waals surface area contributed by atoms with Crippen molar-refractivity contribution in [1.82, 2.24) is 4.90 Å². The lowest BCUT2D eigenvalue weighted by atomic mass is 10.1. The van der Waals surface area contributed by atoms with Gasteiger partial charge in [-0.05, 0) is 67.9 Å². The smallest absolute Gasteiger partial charge is 0.339 e. The number of rotatable bonds is 10. The number of para-hydroxylation sites is 2. The molecule has 0 spiro atoms. The molecule has 0 aliphatic carbocycles. The summed E-state index contributed by atoms with van der Waals surface area (Å²) in [4.78, 5) is 26.0. The Kier molecular flexibility index (Phi) is 9.60. The maximum Gasteiger partial charge on any atom is 0.339 e. The van der Waals surface area contributed by atoms with Gasteiger partial charge in [0.1, 0.15) is 16.4 Å². The molecule has 3 amide bonds. The highest BCUT2D eigenvalue weighted by molar-refractivity contribution is 7.87. The number of methoxy groups -OCH3 is 1. The van der Waals surface area contributed by atoms with Crippen LogP contribution in [-0.2, 0) is 21.5 Å². The molecule has 38 heavy (non-hydrogen) atoms. The van der Waals surface area contributed by atoms with Crippen molar-refractivity contribution in [2.45, 2.75) is 44.7 Å². The first-order chi connectivity index (χ1) is 18.0. The Bertz CT molecular complexity index is 1400. The molecule has 0 aromatic heterocycles. The lowest BCUT2D eigenvalue weighted by Crippen LogP contribution is -2.40. The number of nitrogens with zero attached hydrogens (tertiary/aromatic N) is 1. The summed E-state index contributed by atoms with van der Waals surface area (Å²) in [5, 5.41) is 5.80. The molecule has 0 heterocycles. The van der Waals surface area contributed by atoms with Crippen LogP contribution in [-0.4, -0.2) is 38.4 Å². The third-order valence-electron chi connectivity index (χ3n) is 5.76. The molecule has 0 aliphatic heterocycles. The Morgan fingerprint density at radius 1 is 1.00 bits per heavy atom. The molecule has 3 aromatic rings. The van der Waals surface area contributed by atoms with Crippen LogP contribution in [0.5, 0.6) is 11.5 Å². The van der Waals surface area contributed by atoms with Crippen molar-refractivity contribution in [3.63, 3.8) is 0 Å². The van der Waals surface area contributed by atoms with Crippen LogP contribution in [0.15, 0.2) is 71.6 Å². The van der Waals surface area contributed by atoms with E-state index in [1.807, 2.05) is 13.8 Å². The fourth-order valence-electron chi connectivity index (χ4n) is 3.59. The molecule has 11 heteroatoms. The van der Waals surface area contributed by atoms with Gasteiger partial charge in [0.15, 0.2) is 0 Å². The van der Waals surface area contributed by atoms with E-state index in [0.717, 1.165) is 0 Å². The average Bonchev–Trinajstić information content (AvgIpc) is 2.88. The molecule has 0 radical (unpaired) electrons. The number of anilines is 2. The largest absolute Gasteiger partial charge is 0.495 e. The number of benzene rings is 3. The summed E-state index contributed by atoms with van der Waals surface area (Å²) in [7, 11) is -2.71. The second kappa shape index (κ2) is 12.7. The van der Waals surface area contributed by atoms with Crippen LogP contribution < -0.4 is 19.6 Å². The molecule has 0 saturated carbocycles. The van der Waals surface area contributed by atoms with Crippen LogP contribution in [0, 0.1) is 0 Å². The molecule has 0 fully saturated rings. The van der Waals surface area contributed by atoms with Crippen LogP contribution in [0.3, 0.4) is 0 Å². The first-order valence-electron chi connectivity index (χ1n) is 11.8. The first kappa shape index (κ1) is 28.8. The average molecular weight is 560 g/mol. The van der Waals surface area contributed by atoms with E-state index in [-0.39, 0.29) is 29.1 Å². The van der Waals surface area contributed by atoms with E-state index in [0.29, 0.717) is 34.1 Å². The van der Waals surface area contributed by atoms with Crippen LogP contribution in [0.1, 0.15) is 32.8 Å². The number of hydrogen-bond acceptors (Lipinski definition) is 6. The zero-order valence-corrected chi connectivity index (χ0v) is 23.1. The van der Waals surface area contributed by atoms with E-state index in [2.05, 4.69) is 10.6 Å². The van der Waals surface area contributed by atoms with Crippen molar-refractivity contribution in [2.24, 2.45) is 0 Å². The van der Waals surface area contributed by atoms with E-state index < -0.39 is 16.1 Å². The van der Waals surface area contributed by atoms with Crippen molar-refractivity contribution in [1.29, 1.82) is 0 Å². The van der Waals surface area contributed by atoms with E-state index in [1.165, 1.54) is 50.4 Å². The highest BCUT2D eigenvalue weighted by atomic mass is 35.5. The zero-order valence-electron chi connectivity index (χ0n) is 21.5. The molecular formula is C27H30ClN3O6S. The van der Waals surface area contributed by atoms with Gasteiger partial charge in [-0.15, -0.1) is 0 Å². The number of carbonyl (C=O) groups excluding carboxylic acids is 2. The number of carbonyl (C=O) groups is 2. The standard InChI is InChI=1S/C27H30ClN3O6S/c1-5-18(2)31(27(33)30-24-8-6-7-9-26(24)36-4)17-20-16-21(28)10-15-25(20)37-38(34,35)23-13-11-22(12-14-23)29-19(3)32/h6-16,18H,5,17H2,1-4H3,(H,29,32)(H,30,33)/t18-/m0/s1. The van der Waals surface area contributed by atoms with Gasteiger partial charge in [0.2, 0.25) is 5.91 Å². The number of amides is 3. The fraction of sp³-hybridized carbons (Fsp3) is 0.259. The lowest BCUT2D eigenvalue weighted by Gasteiger charge is -2.29. The molecule has 2 N–H and O–H groups in total. The summed E-state index contributed by atoms with van der Waals surface area (Å²) in [6, 6.07) is 16.6. The maximum atomic E-state index is 13.3. The van der Waals surface area contributed by atoms with Gasteiger partial charge in [0, 0.05) is 29.2 Å². The number of halogens is 1. The zero-order chi connectivity index (χ0) is 27.9. The monoisotopic (exact) mass is 559 g/mol. The molecule has 0 aliphatic rings. The number of hydrogen-bond donors (Lipinski definition) is 2. The van der Waals surface area contributed by atoms with Crippen LogP contribution in [0.4, 0.5) is 16.2 Å². The number of urea groups is 1. The molecule has 3 aromatic carbocycles. The van der Waals surface area contributed by atoms with Crippen LogP contribution >= 0.6 is 11.6 Å². The van der Waals surface area contributed by atoms with Crippen LogP contribution in [0.2, 0.25) is 5.02 Å². The summed E-state index contributed by atoms with van der Waals surface area (Å²) in [6.45, 7) is 5.22. The highest BCUT2D eigenvalue weighted by Gasteiger charge is 2.24. The van der Waals surface area contributed by atoms with Gasteiger partial charge in [0.05, 0.1) is 19.3 Å². The molecule has 0 saturated heterocycles. The summed E-state index contributed by atoms with van der Waals surface area (Å²) >= 11 is 6.23. The summed E-state index contributed by atoms with van der Waals surface area (Å²) in [5.41, 5.74) is 1.36. The Hall–Kier alpha value is -3.76. The van der Waals surface area contributed by atoms with Crippen LogP contribution in [0.25, 0.3) is 0 Å². The molecular weight excluding hydrogens is 530 g/mol. The van der Waals surface area contributed by atoms with Crippen molar-refractivity contribution < 1.29 is 26.9 Å². The Labute approximate surface area is 227 Å². The van der Waals surface area contributed by atoms with Gasteiger partial charge in [-0.2, -0.15) is 8.42 Å². The normalized spacial score (nSPS) is 11.8. The number of nitrogens with one attached hydrogen (secondary N) is 2. The Balaban J connectivity index is 1.88. The highest BCUT2D eigenvalue weighted by Crippen LogP contribution is 2.30. The lowest BCUT2D eigenvalue weighted by molar-refractivity contribution is -0.114. The Morgan fingerprint density at radius 3 is 2.32 bits per heavy atom. The SMILES string of the molecule is CC[C@H](C)N(Cc1cc(Cl)ccc1OS(=O)(=O)c1ccc(NC(C)=O)cc1)C(=O)Nc1ccccc1OC. The molecule has 9 nitrogen and oxygen atoms in total. The summed E-state index contributed by atoms with van der Waals surface area (Å²) < 4.78 is 36.9. The van der Waals surface area contributed by atoms with Crippen molar-refractivity contribution >= 4 is 45.0 Å². The minimum atomic E-state index is -4.22. The third-order valence-corrected chi connectivity index (χ3v) is 7.24. The molecule has 0 bridgehead atoms. The fourth-order valence-corrected chi connectivity index (χ4v) is 4.75.